The molecule has 1 amide bonds. The van der Waals surface area contributed by atoms with Gasteiger partial charge in [-0.2, -0.15) is 13.2 Å². The van der Waals surface area contributed by atoms with Crippen molar-refractivity contribution in [3.63, 3.8) is 0 Å². The van der Waals surface area contributed by atoms with Crippen molar-refractivity contribution in [3.8, 4) is 0 Å². The number of sulfonamides is 1. The molecule has 0 radical (unpaired) electrons. The van der Waals surface area contributed by atoms with Crippen LogP contribution in [0.2, 0.25) is 0 Å². The predicted octanol–water partition coefficient (Wildman–Crippen LogP) is 3.43. The van der Waals surface area contributed by atoms with E-state index in [-0.39, 0.29) is 29.0 Å². The highest BCUT2D eigenvalue weighted by Crippen LogP contribution is 2.34. The molecule has 1 aliphatic rings. The van der Waals surface area contributed by atoms with Gasteiger partial charge in [-0.3, -0.25) is 9.52 Å². The first kappa shape index (κ1) is 29.0. The Labute approximate surface area is 229 Å². The zero-order chi connectivity index (χ0) is 28.2. The smallest absolute Gasteiger partial charge is 0.352 e. The summed E-state index contributed by atoms with van der Waals surface area (Å²) in [6.45, 7) is 6.13. The maximum absolute atomic E-state index is 12.9. The number of nitrogens with one attached hydrogen (secondary N) is 2. The van der Waals surface area contributed by atoms with Gasteiger partial charge in [0.05, 0.1) is 24.0 Å². The van der Waals surface area contributed by atoms with Gasteiger partial charge in [0, 0.05) is 49.3 Å². The zero-order valence-electron chi connectivity index (χ0n) is 21.7. The predicted molar refractivity (Wildman–Crippen MR) is 147 cm³/mol. The third-order valence-electron chi connectivity index (χ3n) is 6.17. The molecule has 1 fully saturated rings. The number of rotatable bonds is 10. The van der Waals surface area contributed by atoms with E-state index >= 15 is 0 Å². The average molecular weight is 585 g/mol. The molecule has 0 unspecified atom stereocenters. The number of fused-ring (bicyclic) bond motifs is 1. The second-order valence-corrected chi connectivity index (χ2v) is 12.6. The van der Waals surface area contributed by atoms with Crippen molar-refractivity contribution >= 4 is 49.0 Å². The van der Waals surface area contributed by atoms with Crippen LogP contribution in [0.5, 0.6) is 0 Å². The summed E-state index contributed by atoms with van der Waals surface area (Å²) in [5.41, 5.74) is 1.20. The van der Waals surface area contributed by atoms with Crippen molar-refractivity contribution in [2.75, 3.05) is 48.1 Å². The number of carbonyl (C=O) groups excluding carboxylic acids is 1. The molecule has 2 N–H and O–H groups in total. The number of alkyl halides is 3. The summed E-state index contributed by atoms with van der Waals surface area (Å²) in [5.74, 6) is 0.479. The Morgan fingerprint density at radius 3 is 2.44 bits per heavy atom. The van der Waals surface area contributed by atoms with Crippen molar-refractivity contribution in [2.24, 2.45) is 0 Å². The van der Waals surface area contributed by atoms with Crippen LogP contribution in [0.25, 0.3) is 10.2 Å². The van der Waals surface area contributed by atoms with Crippen LogP contribution in [-0.2, 0) is 27.7 Å². The van der Waals surface area contributed by atoms with Crippen molar-refractivity contribution in [1.29, 1.82) is 0 Å². The molecule has 3 heterocycles. The fraction of sp³-hybridized carbons (Fsp3) is 0.480. The minimum absolute atomic E-state index is 0.0426. The lowest BCUT2D eigenvalue weighted by Gasteiger charge is -2.35. The Morgan fingerprint density at radius 1 is 1.10 bits per heavy atom. The normalized spacial score (nSPS) is 14.8. The number of hydrogen-bond acceptors (Lipinski definition) is 8. The lowest BCUT2D eigenvalue weighted by atomic mass is 10.1. The van der Waals surface area contributed by atoms with E-state index in [1.54, 1.807) is 29.2 Å². The van der Waals surface area contributed by atoms with Gasteiger partial charge in [0.2, 0.25) is 15.9 Å². The van der Waals surface area contributed by atoms with Crippen LogP contribution < -0.4 is 14.9 Å². The molecule has 1 aliphatic heterocycles. The summed E-state index contributed by atoms with van der Waals surface area (Å²) in [4.78, 5) is 25.8. The molecule has 0 bridgehead atoms. The molecule has 3 aromatic rings. The number of thiophene rings is 1. The third kappa shape index (κ3) is 8.26. The molecular formula is C25H31F3N6O3S2. The van der Waals surface area contributed by atoms with Crippen LogP contribution in [0.4, 0.5) is 24.7 Å². The Balaban J connectivity index is 1.30. The fourth-order valence-corrected chi connectivity index (χ4v) is 6.29. The van der Waals surface area contributed by atoms with Crippen LogP contribution in [0, 0.1) is 0 Å². The maximum atomic E-state index is 12.9. The largest absolute Gasteiger partial charge is 0.393 e. The number of amides is 1. The molecule has 14 heteroatoms. The molecule has 0 aliphatic carbocycles. The van der Waals surface area contributed by atoms with Gasteiger partial charge < -0.3 is 15.1 Å². The number of aromatic nitrogens is 2. The summed E-state index contributed by atoms with van der Waals surface area (Å²) in [6.07, 6.45) is -3.76. The minimum Gasteiger partial charge on any atom is -0.352 e. The Morgan fingerprint density at radius 2 is 1.79 bits per heavy atom. The lowest BCUT2D eigenvalue weighted by molar-refractivity contribution is -0.130. The van der Waals surface area contributed by atoms with Crippen molar-refractivity contribution in [3.05, 3.63) is 47.1 Å². The Bertz CT molecular complexity index is 1390. The van der Waals surface area contributed by atoms with Gasteiger partial charge in [0.1, 0.15) is 17.0 Å². The monoisotopic (exact) mass is 584 g/mol. The van der Waals surface area contributed by atoms with E-state index in [9.17, 15) is 26.4 Å². The van der Waals surface area contributed by atoms with Gasteiger partial charge in [-0.05, 0) is 23.8 Å². The molecule has 2 aromatic heterocycles. The van der Waals surface area contributed by atoms with E-state index in [2.05, 4.69) is 20.0 Å². The van der Waals surface area contributed by atoms with E-state index in [4.69, 9.17) is 0 Å². The van der Waals surface area contributed by atoms with Gasteiger partial charge in [-0.25, -0.2) is 18.4 Å². The fourth-order valence-electron chi connectivity index (χ4n) is 4.29. The highest BCUT2D eigenvalue weighted by molar-refractivity contribution is 7.92. The summed E-state index contributed by atoms with van der Waals surface area (Å²) in [7, 11) is -3.48. The quantitative estimate of drug-likeness (QED) is 0.376. The maximum Gasteiger partial charge on any atom is 0.393 e. The number of benzene rings is 1. The van der Waals surface area contributed by atoms with E-state index in [0.29, 0.717) is 54.4 Å². The molecule has 1 saturated heterocycles. The summed E-state index contributed by atoms with van der Waals surface area (Å²) in [6, 6.07) is 8.44. The van der Waals surface area contributed by atoms with Crippen LogP contribution >= 0.6 is 11.3 Å². The van der Waals surface area contributed by atoms with Gasteiger partial charge in [-0.1, -0.05) is 26.0 Å². The lowest BCUT2D eigenvalue weighted by Crippen LogP contribution is -2.49. The third-order valence-corrected chi connectivity index (χ3v) is 8.50. The van der Waals surface area contributed by atoms with Crippen molar-refractivity contribution in [2.45, 2.75) is 38.9 Å². The van der Waals surface area contributed by atoms with Crippen molar-refractivity contribution < 1.29 is 26.4 Å². The standard InChI is InChI=1S/C25H31F3N6O3S2/c1-17(2)29-7-12-39(36,37)32-19-5-3-18(4-6-19)13-22(35)33-8-10-34(11-9-33)23-21-14-20(15-25(26,27)28)38-24(21)31-16-30-23/h3-6,14,16-17,29,32H,7-13,15H2,1-2H3. The molecule has 4 rings (SSSR count). The van der Waals surface area contributed by atoms with Crippen LogP contribution in [0.1, 0.15) is 24.3 Å². The van der Waals surface area contributed by atoms with Gasteiger partial charge in [0.15, 0.2) is 0 Å². The van der Waals surface area contributed by atoms with E-state index in [1.165, 1.54) is 12.4 Å². The van der Waals surface area contributed by atoms with E-state index < -0.39 is 22.6 Å². The summed E-state index contributed by atoms with van der Waals surface area (Å²) in [5, 5.41) is 3.66. The molecule has 39 heavy (non-hydrogen) atoms. The first-order chi connectivity index (χ1) is 18.4. The van der Waals surface area contributed by atoms with Gasteiger partial charge >= 0.3 is 6.18 Å². The van der Waals surface area contributed by atoms with Crippen molar-refractivity contribution in [1.82, 2.24) is 20.2 Å². The van der Waals surface area contributed by atoms with Crippen LogP contribution in [0.15, 0.2) is 36.7 Å². The zero-order valence-corrected chi connectivity index (χ0v) is 23.3. The minimum atomic E-state index is -4.29. The number of anilines is 2. The topological polar surface area (TPSA) is 108 Å². The highest BCUT2D eigenvalue weighted by atomic mass is 32.2. The van der Waals surface area contributed by atoms with Crippen LogP contribution in [0.3, 0.4) is 0 Å². The summed E-state index contributed by atoms with van der Waals surface area (Å²) >= 11 is 1.01. The van der Waals surface area contributed by atoms with Gasteiger partial charge in [0.25, 0.3) is 0 Å². The molecule has 1 aromatic carbocycles. The second-order valence-electron chi connectivity index (χ2n) is 9.69. The number of piperazine rings is 1. The molecule has 212 valence electrons. The molecule has 9 nitrogen and oxygen atoms in total. The Hall–Kier alpha value is -2.97. The first-order valence-electron chi connectivity index (χ1n) is 12.5. The Kier molecular flexibility index (Phi) is 8.96. The average Bonchev–Trinajstić information content (AvgIpc) is 3.25. The first-order valence-corrected chi connectivity index (χ1v) is 15.0. The number of carbonyl (C=O) groups is 1. The van der Waals surface area contributed by atoms with Crippen LogP contribution in [-0.4, -0.2) is 79.9 Å². The molecular weight excluding hydrogens is 553 g/mol. The number of hydrogen-bond donors (Lipinski definition) is 2. The van der Waals surface area contributed by atoms with Gasteiger partial charge in [-0.15, -0.1) is 11.3 Å². The number of halogens is 3. The molecule has 0 saturated carbocycles. The highest BCUT2D eigenvalue weighted by Gasteiger charge is 2.30. The summed E-state index contributed by atoms with van der Waals surface area (Å²) < 4.78 is 65.6. The SMILES string of the molecule is CC(C)NCCS(=O)(=O)Nc1ccc(CC(=O)N2CCN(c3ncnc4sc(CC(F)(F)F)cc34)CC2)cc1. The molecule has 0 spiro atoms. The van der Waals surface area contributed by atoms with E-state index in [1.807, 2.05) is 18.7 Å². The second kappa shape index (κ2) is 12.0. The number of nitrogens with zero attached hydrogens (tertiary/aromatic N) is 4. The van der Waals surface area contributed by atoms with E-state index in [0.717, 1.165) is 16.9 Å². The molecule has 0 atom stereocenters.